The van der Waals surface area contributed by atoms with E-state index < -0.39 is 40.7 Å². The number of sulfonamides is 1. The molecule has 0 aliphatic carbocycles. The standard InChI is InChI=1S/C14H17F3N2O5S/c1-2-3-11(13(21)22)19-25(23,24)10-6-4-9(5-7-10)12(20)18-8-14(15,16)17/h4-7,11,19H,2-3,8H2,1H3,(H,18,20)(H,21,22). The largest absolute Gasteiger partial charge is 0.480 e. The van der Waals surface area contributed by atoms with Crippen LogP contribution in [0.25, 0.3) is 0 Å². The predicted molar refractivity (Wildman–Crippen MR) is 81.5 cm³/mol. The highest BCUT2D eigenvalue weighted by atomic mass is 32.2. The predicted octanol–water partition coefficient (Wildman–Crippen LogP) is 1.51. The number of halogens is 3. The summed E-state index contributed by atoms with van der Waals surface area (Å²) in [5.74, 6) is -2.34. The van der Waals surface area contributed by atoms with Gasteiger partial charge in [-0.2, -0.15) is 17.9 Å². The van der Waals surface area contributed by atoms with Gasteiger partial charge in [-0.1, -0.05) is 13.3 Å². The second kappa shape index (κ2) is 8.30. The summed E-state index contributed by atoms with van der Waals surface area (Å²) in [6.07, 6.45) is -4.03. The number of alkyl halides is 3. The lowest BCUT2D eigenvalue weighted by Crippen LogP contribution is -2.40. The normalized spacial score (nSPS) is 13.3. The molecule has 0 heterocycles. The molecule has 0 aliphatic heterocycles. The van der Waals surface area contributed by atoms with E-state index in [1.54, 1.807) is 12.2 Å². The molecule has 1 aromatic rings. The summed E-state index contributed by atoms with van der Waals surface area (Å²) < 4.78 is 62.5. The lowest BCUT2D eigenvalue weighted by atomic mass is 10.2. The Morgan fingerprint density at radius 1 is 1.20 bits per heavy atom. The van der Waals surface area contributed by atoms with Crippen molar-refractivity contribution >= 4 is 21.9 Å². The average molecular weight is 382 g/mol. The van der Waals surface area contributed by atoms with E-state index in [2.05, 4.69) is 0 Å². The first-order valence-electron chi connectivity index (χ1n) is 7.16. The van der Waals surface area contributed by atoms with E-state index in [-0.39, 0.29) is 16.9 Å². The maximum absolute atomic E-state index is 12.1. The Hall–Kier alpha value is -2.14. The van der Waals surface area contributed by atoms with Gasteiger partial charge in [0.15, 0.2) is 0 Å². The van der Waals surface area contributed by atoms with Crippen LogP contribution in [0.1, 0.15) is 30.1 Å². The number of carboxylic acids is 1. The number of amides is 1. The molecule has 0 fully saturated rings. The van der Waals surface area contributed by atoms with Crippen molar-refractivity contribution in [2.75, 3.05) is 6.54 Å². The fourth-order valence-electron chi connectivity index (χ4n) is 1.84. The van der Waals surface area contributed by atoms with Crippen molar-refractivity contribution in [2.45, 2.75) is 36.9 Å². The Morgan fingerprint density at radius 2 is 1.76 bits per heavy atom. The molecule has 1 rings (SSSR count). The van der Waals surface area contributed by atoms with Gasteiger partial charge in [-0.05, 0) is 30.7 Å². The molecule has 0 radical (unpaired) electrons. The van der Waals surface area contributed by atoms with Crippen LogP contribution >= 0.6 is 0 Å². The van der Waals surface area contributed by atoms with E-state index in [4.69, 9.17) is 5.11 Å². The van der Waals surface area contributed by atoms with Gasteiger partial charge >= 0.3 is 12.1 Å². The van der Waals surface area contributed by atoms with Crippen LogP contribution in [0.3, 0.4) is 0 Å². The van der Waals surface area contributed by atoms with Gasteiger partial charge in [0.25, 0.3) is 5.91 Å². The maximum atomic E-state index is 12.1. The molecule has 140 valence electrons. The first-order valence-corrected chi connectivity index (χ1v) is 8.64. The number of carbonyl (C=O) groups excluding carboxylic acids is 1. The van der Waals surface area contributed by atoms with Gasteiger partial charge in [-0.3, -0.25) is 9.59 Å². The Labute approximate surface area is 142 Å². The molecule has 0 saturated heterocycles. The molecule has 3 N–H and O–H groups in total. The number of carbonyl (C=O) groups is 2. The van der Waals surface area contributed by atoms with Crippen molar-refractivity contribution in [3.8, 4) is 0 Å². The van der Waals surface area contributed by atoms with E-state index in [0.29, 0.717) is 6.42 Å². The van der Waals surface area contributed by atoms with E-state index in [1.165, 1.54) is 0 Å². The highest BCUT2D eigenvalue weighted by Gasteiger charge is 2.28. The minimum absolute atomic E-state index is 0.0898. The molecule has 25 heavy (non-hydrogen) atoms. The summed E-state index contributed by atoms with van der Waals surface area (Å²) in [4.78, 5) is 22.3. The summed E-state index contributed by atoms with van der Waals surface area (Å²) >= 11 is 0. The molecule has 0 aliphatic rings. The molecule has 0 aromatic heterocycles. The lowest BCUT2D eigenvalue weighted by Gasteiger charge is -2.14. The van der Waals surface area contributed by atoms with Crippen LogP contribution < -0.4 is 10.0 Å². The molecule has 1 unspecified atom stereocenters. The number of hydrogen-bond donors (Lipinski definition) is 3. The fourth-order valence-corrected chi connectivity index (χ4v) is 3.07. The Balaban J connectivity index is 2.87. The molecule has 0 bridgehead atoms. The molecule has 7 nitrogen and oxygen atoms in total. The van der Waals surface area contributed by atoms with E-state index in [0.717, 1.165) is 24.3 Å². The SMILES string of the molecule is CCCC(NS(=O)(=O)c1ccc(C(=O)NCC(F)(F)F)cc1)C(=O)O. The number of benzene rings is 1. The third-order valence-electron chi connectivity index (χ3n) is 3.05. The number of carboxylic acid groups (broad SMARTS) is 1. The van der Waals surface area contributed by atoms with Gasteiger partial charge < -0.3 is 10.4 Å². The molecular weight excluding hydrogens is 365 g/mol. The van der Waals surface area contributed by atoms with Crippen LogP contribution in [0.4, 0.5) is 13.2 Å². The van der Waals surface area contributed by atoms with Gasteiger partial charge in [-0.25, -0.2) is 8.42 Å². The van der Waals surface area contributed by atoms with Crippen molar-refractivity contribution in [3.05, 3.63) is 29.8 Å². The third-order valence-corrected chi connectivity index (χ3v) is 4.54. The minimum Gasteiger partial charge on any atom is -0.480 e. The van der Waals surface area contributed by atoms with Crippen molar-refractivity contribution in [3.63, 3.8) is 0 Å². The van der Waals surface area contributed by atoms with Gasteiger partial charge in [0, 0.05) is 5.56 Å². The maximum Gasteiger partial charge on any atom is 0.405 e. The Kier molecular flexibility index (Phi) is 6.94. The van der Waals surface area contributed by atoms with Crippen LogP contribution in [0, 0.1) is 0 Å². The number of hydrogen-bond acceptors (Lipinski definition) is 4. The highest BCUT2D eigenvalue weighted by Crippen LogP contribution is 2.14. The van der Waals surface area contributed by atoms with E-state index in [1.807, 2.05) is 4.72 Å². The molecule has 1 amide bonds. The molecule has 1 aromatic carbocycles. The summed E-state index contributed by atoms with van der Waals surface area (Å²) in [7, 11) is -4.15. The van der Waals surface area contributed by atoms with Crippen LogP contribution in [-0.4, -0.2) is 44.2 Å². The number of aliphatic carboxylic acids is 1. The monoisotopic (exact) mass is 382 g/mol. The second-order valence-electron chi connectivity index (χ2n) is 5.12. The van der Waals surface area contributed by atoms with Crippen molar-refractivity contribution in [1.29, 1.82) is 0 Å². The third kappa shape index (κ3) is 6.70. The Morgan fingerprint density at radius 3 is 2.20 bits per heavy atom. The first kappa shape index (κ1) is 20.9. The highest BCUT2D eigenvalue weighted by molar-refractivity contribution is 7.89. The van der Waals surface area contributed by atoms with Crippen LogP contribution in [0.2, 0.25) is 0 Å². The smallest absolute Gasteiger partial charge is 0.405 e. The zero-order valence-electron chi connectivity index (χ0n) is 13.1. The zero-order chi connectivity index (χ0) is 19.3. The molecule has 1 atom stereocenters. The van der Waals surface area contributed by atoms with Gasteiger partial charge in [-0.15, -0.1) is 0 Å². The summed E-state index contributed by atoms with van der Waals surface area (Å²) in [5.41, 5.74) is -0.161. The summed E-state index contributed by atoms with van der Waals surface area (Å²) in [5, 5.41) is 10.6. The van der Waals surface area contributed by atoms with E-state index >= 15 is 0 Å². The van der Waals surface area contributed by atoms with Crippen molar-refractivity contribution < 1.29 is 36.3 Å². The Bertz CT molecular complexity index is 717. The second-order valence-corrected chi connectivity index (χ2v) is 6.84. The fraction of sp³-hybridized carbons (Fsp3) is 0.429. The zero-order valence-corrected chi connectivity index (χ0v) is 13.9. The van der Waals surface area contributed by atoms with E-state index in [9.17, 15) is 31.2 Å². The van der Waals surface area contributed by atoms with Crippen LogP contribution in [0.15, 0.2) is 29.2 Å². The lowest BCUT2D eigenvalue weighted by molar-refractivity contribution is -0.139. The van der Waals surface area contributed by atoms with Gasteiger partial charge in [0.05, 0.1) is 4.90 Å². The van der Waals surface area contributed by atoms with Gasteiger partial charge in [0.1, 0.15) is 12.6 Å². The topological polar surface area (TPSA) is 113 Å². The minimum atomic E-state index is -4.56. The van der Waals surface area contributed by atoms with Gasteiger partial charge in [0.2, 0.25) is 10.0 Å². The van der Waals surface area contributed by atoms with Crippen LogP contribution in [0.5, 0.6) is 0 Å². The van der Waals surface area contributed by atoms with Crippen molar-refractivity contribution in [1.82, 2.24) is 10.0 Å². The quantitative estimate of drug-likeness (QED) is 0.631. The average Bonchev–Trinajstić information content (AvgIpc) is 2.51. The number of nitrogens with one attached hydrogen (secondary N) is 2. The van der Waals surface area contributed by atoms with Crippen LogP contribution in [-0.2, 0) is 14.8 Å². The molecular formula is C14H17F3N2O5S. The summed E-state index contributed by atoms with van der Waals surface area (Å²) in [6.45, 7) is 0.184. The molecule has 0 spiro atoms. The van der Waals surface area contributed by atoms with Crippen molar-refractivity contribution in [2.24, 2.45) is 0 Å². The number of rotatable bonds is 8. The summed E-state index contributed by atoms with van der Waals surface area (Å²) in [6, 6.07) is 2.79. The molecule has 11 heteroatoms. The first-order chi connectivity index (χ1) is 11.5. The molecule has 0 saturated carbocycles.